The second kappa shape index (κ2) is 5.44. The van der Waals surface area contributed by atoms with Crippen LogP contribution in [-0.4, -0.2) is 30.3 Å². The van der Waals surface area contributed by atoms with Gasteiger partial charge >= 0.3 is 0 Å². The Morgan fingerprint density at radius 2 is 2.10 bits per heavy atom. The number of nitrogens with zero attached hydrogens (tertiary/aromatic N) is 1. The molecule has 106 valence electrons. The van der Waals surface area contributed by atoms with Gasteiger partial charge in [0.15, 0.2) is 0 Å². The normalized spacial score (nSPS) is 22.1. The van der Waals surface area contributed by atoms with Crippen molar-refractivity contribution in [2.45, 2.75) is 25.3 Å². The molecule has 1 aliphatic heterocycles. The van der Waals surface area contributed by atoms with Crippen LogP contribution in [0.3, 0.4) is 0 Å². The van der Waals surface area contributed by atoms with Crippen LogP contribution in [0, 0.1) is 5.92 Å². The van der Waals surface area contributed by atoms with Gasteiger partial charge in [0, 0.05) is 24.9 Å². The molecular weight excluding hydrogens is 276 g/mol. The maximum absolute atomic E-state index is 12.3. The average Bonchev–Trinajstić information content (AvgIpc) is 3.19. The first-order valence-electron chi connectivity index (χ1n) is 6.95. The maximum atomic E-state index is 12.3. The average molecular weight is 293 g/mol. The minimum absolute atomic E-state index is 0.0438. The number of carbonyl (C=O) groups is 2. The van der Waals surface area contributed by atoms with Gasteiger partial charge < -0.3 is 10.2 Å². The van der Waals surface area contributed by atoms with E-state index in [1.807, 2.05) is 18.2 Å². The molecule has 2 amide bonds. The zero-order chi connectivity index (χ0) is 14.1. The quantitative estimate of drug-likeness (QED) is 0.865. The lowest BCUT2D eigenvalue weighted by Crippen LogP contribution is -2.31. The van der Waals surface area contributed by atoms with Crippen LogP contribution in [0.25, 0.3) is 0 Å². The molecule has 1 saturated heterocycles. The van der Waals surface area contributed by atoms with Crippen molar-refractivity contribution in [1.82, 2.24) is 5.32 Å². The van der Waals surface area contributed by atoms with Crippen LogP contribution in [-0.2, 0) is 4.79 Å². The summed E-state index contributed by atoms with van der Waals surface area (Å²) in [6, 6.07) is 7.58. The van der Waals surface area contributed by atoms with E-state index in [1.54, 1.807) is 11.0 Å². The highest BCUT2D eigenvalue weighted by Gasteiger charge is 2.32. The summed E-state index contributed by atoms with van der Waals surface area (Å²) >= 11 is 5.85. The van der Waals surface area contributed by atoms with E-state index in [1.165, 1.54) is 0 Å². The first-order chi connectivity index (χ1) is 9.69. The monoisotopic (exact) mass is 292 g/mol. The van der Waals surface area contributed by atoms with Crippen molar-refractivity contribution in [1.29, 1.82) is 0 Å². The molecule has 1 aromatic rings. The van der Waals surface area contributed by atoms with Gasteiger partial charge in [-0.05, 0) is 30.9 Å². The lowest BCUT2D eigenvalue weighted by Gasteiger charge is -2.20. The fourth-order valence-electron chi connectivity index (χ4n) is 2.51. The fraction of sp³-hybridized carbons (Fsp3) is 0.467. The summed E-state index contributed by atoms with van der Waals surface area (Å²) in [6.07, 6.45) is 2.55. The molecule has 3 rings (SSSR count). The number of nitrogens with one attached hydrogen (secondary N) is 1. The highest BCUT2D eigenvalue weighted by Crippen LogP contribution is 2.29. The second-order valence-corrected chi connectivity index (χ2v) is 5.80. The van der Waals surface area contributed by atoms with Crippen molar-refractivity contribution in [3.63, 3.8) is 0 Å². The van der Waals surface area contributed by atoms with Crippen LogP contribution in [0.5, 0.6) is 0 Å². The zero-order valence-corrected chi connectivity index (χ0v) is 11.9. The smallest absolute Gasteiger partial charge is 0.253 e. The van der Waals surface area contributed by atoms with Crippen LogP contribution in [0.1, 0.15) is 29.6 Å². The van der Waals surface area contributed by atoms with Crippen molar-refractivity contribution >= 4 is 29.1 Å². The lowest BCUT2D eigenvalue weighted by molar-refractivity contribution is -0.117. The molecule has 2 fully saturated rings. The van der Waals surface area contributed by atoms with E-state index in [2.05, 4.69) is 5.32 Å². The van der Waals surface area contributed by atoms with Gasteiger partial charge in [0.05, 0.1) is 11.3 Å². The highest BCUT2D eigenvalue weighted by atomic mass is 35.5. The molecule has 0 aromatic heterocycles. The number of rotatable bonds is 4. The highest BCUT2D eigenvalue weighted by molar-refractivity contribution is 6.18. The Hall–Kier alpha value is -1.55. The molecular formula is C15H17ClN2O2. The predicted octanol–water partition coefficient (Wildman–Crippen LogP) is 2.17. The summed E-state index contributed by atoms with van der Waals surface area (Å²) in [5.41, 5.74) is 1.27. The van der Waals surface area contributed by atoms with E-state index in [-0.39, 0.29) is 17.7 Å². The van der Waals surface area contributed by atoms with Crippen molar-refractivity contribution in [2.24, 2.45) is 5.92 Å². The first-order valence-corrected chi connectivity index (χ1v) is 7.48. The van der Waals surface area contributed by atoms with Gasteiger partial charge in [-0.3, -0.25) is 9.59 Å². The number of hydrogen-bond donors (Lipinski definition) is 1. The molecule has 1 heterocycles. The van der Waals surface area contributed by atoms with Crippen LogP contribution in [0.15, 0.2) is 24.3 Å². The van der Waals surface area contributed by atoms with Crippen molar-refractivity contribution < 1.29 is 9.59 Å². The molecule has 1 saturated carbocycles. The molecule has 4 nitrogen and oxygen atoms in total. The zero-order valence-electron chi connectivity index (χ0n) is 11.1. The largest absolute Gasteiger partial charge is 0.349 e. The van der Waals surface area contributed by atoms with Gasteiger partial charge in [-0.1, -0.05) is 12.1 Å². The van der Waals surface area contributed by atoms with Crippen molar-refractivity contribution in [3.8, 4) is 0 Å². The van der Waals surface area contributed by atoms with Crippen molar-refractivity contribution in [3.05, 3.63) is 29.8 Å². The van der Waals surface area contributed by atoms with Gasteiger partial charge in [0.2, 0.25) is 5.91 Å². The Morgan fingerprint density at radius 1 is 1.35 bits per heavy atom. The number of alkyl halides is 1. The Balaban J connectivity index is 1.85. The summed E-state index contributed by atoms with van der Waals surface area (Å²) in [7, 11) is 0. The molecule has 0 spiro atoms. The molecule has 1 N–H and O–H groups in total. The van der Waals surface area contributed by atoms with E-state index < -0.39 is 0 Å². The van der Waals surface area contributed by atoms with Gasteiger partial charge in [-0.15, -0.1) is 11.6 Å². The summed E-state index contributed by atoms with van der Waals surface area (Å²) < 4.78 is 0. The minimum atomic E-state index is -0.0924. The molecule has 0 bridgehead atoms. The second-order valence-electron chi connectivity index (χ2n) is 5.49. The van der Waals surface area contributed by atoms with Crippen LogP contribution >= 0.6 is 11.6 Å². The molecule has 2 aliphatic rings. The van der Waals surface area contributed by atoms with Gasteiger partial charge in [-0.2, -0.15) is 0 Å². The van der Waals surface area contributed by atoms with Gasteiger partial charge in [0.25, 0.3) is 5.91 Å². The van der Waals surface area contributed by atoms with Gasteiger partial charge in [-0.25, -0.2) is 0 Å². The van der Waals surface area contributed by atoms with Crippen molar-refractivity contribution in [2.75, 3.05) is 17.3 Å². The Morgan fingerprint density at radius 3 is 2.75 bits per heavy atom. The first kappa shape index (κ1) is 13.4. The number of hydrogen-bond acceptors (Lipinski definition) is 2. The number of benzene rings is 1. The van der Waals surface area contributed by atoms with Gasteiger partial charge in [0.1, 0.15) is 0 Å². The third-order valence-electron chi connectivity index (χ3n) is 3.78. The van der Waals surface area contributed by atoms with E-state index in [9.17, 15) is 9.59 Å². The van der Waals surface area contributed by atoms with Crippen LogP contribution in [0.4, 0.5) is 5.69 Å². The standard InChI is InChI=1S/C15H17ClN2O2/c16-8-10-7-14(19)18(9-10)13-4-2-1-3-12(13)15(20)17-11-5-6-11/h1-4,10-11H,5-9H2,(H,17,20). The maximum Gasteiger partial charge on any atom is 0.253 e. The molecule has 1 aliphatic carbocycles. The number of carbonyl (C=O) groups excluding carboxylic acids is 2. The van der Waals surface area contributed by atoms with E-state index >= 15 is 0 Å². The molecule has 1 aromatic carbocycles. The SMILES string of the molecule is O=C(NC1CC1)c1ccccc1N1CC(CCl)CC1=O. The molecule has 20 heavy (non-hydrogen) atoms. The summed E-state index contributed by atoms with van der Waals surface area (Å²) in [4.78, 5) is 26.0. The Bertz CT molecular complexity index is 542. The number of anilines is 1. The Kier molecular flexibility index (Phi) is 3.66. The predicted molar refractivity (Wildman–Crippen MR) is 78.1 cm³/mol. The Labute approximate surface area is 123 Å². The topological polar surface area (TPSA) is 49.4 Å². The van der Waals surface area contributed by atoms with E-state index in [0.717, 1.165) is 12.8 Å². The fourth-order valence-corrected chi connectivity index (χ4v) is 2.72. The summed E-state index contributed by atoms with van der Waals surface area (Å²) in [5.74, 6) is 0.592. The lowest BCUT2D eigenvalue weighted by atomic mass is 10.1. The van der Waals surface area contributed by atoms with E-state index in [0.29, 0.717) is 36.1 Å². The van der Waals surface area contributed by atoms with E-state index in [4.69, 9.17) is 11.6 Å². The number of para-hydroxylation sites is 1. The molecule has 1 unspecified atom stereocenters. The summed E-state index contributed by atoms with van der Waals surface area (Å²) in [5, 5.41) is 2.97. The molecule has 0 radical (unpaired) electrons. The third-order valence-corrected chi connectivity index (χ3v) is 4.21. The van der Waals surface area contributed by atoms with Crippen LogP contribution < -0.4 is 10.2 Å². The number of amides is 2. The molecule has 1 atom stereocenters. The summed E-state index contributed by atoms with van der Waals surface area (Å²) in [6.45, 7) is 0.593. The minimum Gasteiger partial charge on any atom is -0.349 e. The third kappa shape index (κ3) is 2.66. The molecule has 5 heteroatoms. The number of halogens is 1. The van der Waals surface area contributed by atoms with Crippen LogP contribution in [0.2, 0.25) is 0 Å².